The van der Waals surface area contributed by atoms with Gasteiger partial charge in [-0.05, 0) is 239 Å². The van der Waals surface area contributed by atoms with E-state index in [9.17, 15) is 21.0 Å². The van der Waals surface area contributed by atoms with Gasteiger partial charge in [-0.15, -0.1) is 0 Å². The molecule has 6 aromatic carbocycles. The van der Waals surface area contributed by atoms with E-state index < -0.39 is 5.41 Å². The minimum atomic E-state index is -0.548. The van der Waals surface area contributed by atoms with Crippen LogP contribution in [-0.2, 0) is 37.9 Å². The van der Waals surface area contributed by atoms with Crippen LogP contribution in [0.15, 0.2) is 168 Å². The normalized spacial score (nSPS) is 16.3. The number of aromatic nitrogens is 4. The maximum absolute atomic E-state index is 10.5. The summed E-state index contributed by atoms with van der Waals surface area (Å²) in [5.74, 6) is 7.03. The number of allylic oxidation sites excluding steroid dienone is 4. The van der Waals surface area contributed by atoms with E-state index in [1.165, 1.54) is 38.9 Å². The number of benzene rings is 6. The van der Waals surface area contributed by atoms with E-state index in [0.717, 1.165) is 125 Å². The Kier molecular flexibility index (Phi) is 19.5. The SMILES string of the molecule is CN(C)c1ccc(C(=C(C#N)C#N)C(=C(C#N)C#N)C23CCC(c4ccc(C#Cc5ccc(-c6c7nc(c(-c8cc(C(C)(C)C)cc(C(C)(C)C)c8)c8ccc([nH]8)c(-c8cc(C(C)(C)C)cc(C(C)(C)C)c8)c8nc(c(-c9cc(C(C)(C)C)cc(C(C)(C)C)c9)c9ccc6[nH]9)C=C8)C=C7)cc5)cc4)(CC2)CC3)cc1. The van der Waals surface area contributed by atoms with Crippen molar-refractivity contribution >= 4 is 57.6 Å². The standard InChI is InChI=1S/C100H103N9/c1-93(2,3)72-49-66(50-73(55-72)94(4,5)6)89-81-37-35-79(105-81)88(65-27-23-62(24-28-65)21-22-63-25-31-71(32-26-63)99-43-46-100(47-44-99,48-45-99)92(70(60-103)61-104)87(69(58-101)59-102)64-29-33-78(34-30-64)109(19)20)80-36-38-82(106-80)90(67-51-74(95(7,8)9)56-75(52-67)96(10,11)12)84-40-42-86(108-84)91(85-41-39-83(89)107-85)68-53-76(97(13,14)15)57-77(54-68)98(16,17)18/h23-42,49-57,105,108H,43-48H2,1-20H3. The van der Waals surface area contributed by atoms with E-state index in [0.29, 0.717) is 36.0 Å². The summed E-state index contributed by atoms with van der Waals surface area (Å²) in [5.41, 5.74) is 26.9. The van der Waals surface area contributed by atoms with Crippen molar-refractivity contribution in [3.8, 4) is 80.6 Å². The summed E-state index contributed by atoms with van der Waals surface area (Å²) in [6, 6.07) is 64.1. The zero-order chi connectivity index (χ0) is 78.3. The highest BCUT2D eigenvalue weighted by Gasteiger charge is 2.53. The monoisotopic (exact) mass is 1430 g/mol. The summed E-state index contributed by atoms with van der Waals surface area (Å²) < 4.78 is 0. The fourth-order valence-corrected chi connectivity index (χ4v) is 16.4. The van der Waals surface area contributed by atoms with Gasteiger partial charge in [0.1, 0.15) is 35.4 Å². The average Bonchev–Trinajstić information content (AvgIpc) is 1.63. The van der Waals surface area contributed by atoms with E-state index in [1.54, 1.807) is 0 Å². The van der Waals surface area contributed by atoms with Crippen LogP contribution in [0.5, 0.6) is 0 Å². The molecule has 3 saturated carbocycles. The Morgan fingerprint density at radius 3 is 0.954 bits per heavy atom. The molecular formula is C100H103N9. The number of anilines is 1. The van der Waals surface area contributed by atoms with Crippen molar-refractivity contribution in [1.29, 1.82) is 21.0 Å². The highest BCUT2D eigenvalue weighted by molar-refractivity contribution is 6.01. The molecule has 5 aliphatic rings. The van der Waals surface area contributed by atoms with Gasteiger partial charge in [0.05, 0.1) is 22.8 Å². The lowest BCUT2D eigenvalue weighted by molar-refractivity contribution is 0.0729. The molecule has 548 valence electrons. The second kappa shape index (κ2) is 28.1. The Balaban J connectivity index is 0.958. The highest BCUT2D eigenvalue weighted by atomic mass is 15.1. The van der Waals surface area contributed by atoms with Crippen LogP contribution in [0.1, 0.15) is 242 Å². The van der Waals surface area contributed by atoms with E-state index in [2.05, 4.69) is 322 Å². The highest BCUT2D eigenvalue weighted by Crippen LogP contribution is 2.63. The van der Waals surface area contributed by atoms with Gasteiger partial charge in [-0.2, -0.15) is 21.0 Å². The van der Waals surface area contributed by atoms with Gasteiger partial charge in [0, 0.05) is 80.8 Å². The molecule has 3 aromatic heterocycles. The molecule has 3 fully saturated rings. The van der Waals surface area contributed by atoms with Gasteiger partial charge in [0.15, 0.2) is 0 Å². The quantitative estimate of drug-likeness (QED) is 0.0828. The summed E-state index contributed by atoms with van der Waals surface area (Å²) in [4.78, 5) is 21.9. The molecule has 3 aliphatic carbocycles. The summed E-state index contributed by atoms with van der Waals surface area (Å²) in [6.45, 7) is 41.5. The molecule has 9 heteroatoms. The molecule has 0 radical (unpaired) electrons. The Morgan fingerprint density at radius 2 is 0.661 bits per heavy atom. The molecule has 0 atom stereocenters. The van der Waals surface area contributed by atoms with Crippen molar-refractivity contribution in [2.45, 2.75) is 201 Å². The first-order valence-corrected chi connectivity index (χ1v) is 38.6. The third kappa shape index (κ3) is 15.0. The van der Waals surface area contributed by atoms with Gasteiger partial charge < -0.3 is 14.9 Å². The Bertz CT molecular complexity index is 5500. The van der Waals surface area contributed by atoms with Crippen molar-refractivity contribution < 1.29 is 0 Å². The van der Waals surface area contributed by atoms with Gasteiger partial charge in [-0.3, -0.25) is 0 Å². The van der Waals surface area contributed by atoms with Crippen LogP contribution in [0.2, 0.25) is 0 Å². The molecular weight excluding hydrogens is 1330 g/mol. The minimum absolute atomic E-state index is 0.0330. The molecule has 5 heterocycles. The number of hydrogen-bond donors (Lipinski definition) is 2. The summed E-state index contributed by atoms with van der Waals surface area (Å²) in [7, 11) is 3.90. The fourth-order valence-electron chi connectivity index (χ4n) is 16.4. The summed E-state index contributed by atoms with van der Waals surface area (Å²) in [5, 5.41) is 41.9. The molecule has 0 unspecified atom stereocenters. The van der Waals surface area contributed by atoms with E-state index in [1.807, 2.05) is 43.3 Å². The van der Waals surface area contributed by atoms with Gasteiger partial charge >= 0.3 is 0 Å². The largest absolute Gasteiger partial charge is 0.378 e. The molecule has 14 rings (SSSR count). The maximum atomic E-state index is 10.5. The van der Waals surface area contributed by atoms with Crippen molar-refractivity contribution in [1.82, 2.24) is 19.9 Å². The van der Waals surface area contributed by atoms with E-state index in [-0.39, 0.29) is 49.1 Å². The maximum Gasteiger partial charge on any atom is 0.137 e. The van der Waals surface area contributed by atoms with Crippen LogP contribution >= 0.6 is 0 Å². The number of rotatable bonds is 9. The van der Waals surface area contributed by atoms with Gasteiger partial charge in [-0.25, -0.2) is 9.97 Å². The first kappa shape index (κ1) is 75.9. The van der Waals surface area contributed by atoms with E-state index >= 15 is 0 Å². The lowest BCUT2D eigenvalue weighted by atomic mass is 9.48. The van der Waals surface area contributed by atoms with Crippen molar-refractivity contribution in [2.75, 3.05) is 19.0 Å². The lowest BCUT2D eigenvalue weighted by Crippen LogP contribution is -2.45. The van der Waals surface area contributed by atoms with Crippen LogP contribution < -0.4 is 4.90 Å². The number of aromatic amines is 2. The molecule has 2 N–H and O–H groups in total. The topological polar surface area (TPSA) is 156 Å². The number of fused-ring (bicyclic) bond motifs is 11. The number of hydrogen-bond acceptors (Lipinski definition) is 7. The fraction of sp³-hybridized carbons (Fsp3) is 0.340. The molecule has 9 nitrogen and oxygen atoms in total. The molecule has 2 aliphatic heterocycles. The zero-order valence-electron chi connectivity index (χ0n) is 67.6. The Morgan fingerprint density at radius 1 is 0.358 bits per heavy atom. The zero-order valence-corrected chi connectivity index (χ0v) is 67.6. The van der Waals surface area contributed by atoms with E-state index in [4.69, 9.17) is 9.97 Å². The molecule has 10 bridgehead atoms. The van der Waals surface area contributed by atoms with Gasteiger partial charge in [-0.1, -0.05) is 227 Å². The van der Waals surface area contributed by atoms with Crippen LogP contribution in [-0.4, -0.2) is 34.0 Å². The Hall–Kier alpha value is -11.3. The number of nitrogens with zero attached hydrogens (tertiary/aromatic N) is 7. The molecule has 0 amide bonds. The second-order valence-corrected chi connectivity index (χ2v) is 37.3. The second-order valence-electron chi connectivity index (χ2n) is 37.3. The minimum Gasteiger partial charge on any atom is -0.378 e. The van der Waals surface area contributed by atoms with Crippen LogP contribution in [0.4, 0.5) is 5.69 Å². The smallest absolute Gasteiger partial charge is 0.137 e. The van der Waals surface area contributed by atoms with Crippen LogP contribution in [0.25, 0.3) is 96.5 Å². The van der Waals surface area contributed by atoms with Crippen LogP contribution in [0, 0.1) is 62.6 Å². The Labute approximate surface area is 647 Å². The number of nitrogens with one attached hydrogen (secondary N) is 2. The average molecular weight is 1430 g/mol. The first-order chi connectivity index (χ1) is 51.3. The van der Waals surface area contributed by atoms with Crippen LogP contribution in [0.3, 0.4) is 0 Å². The van der Waals surface area contributed by atoms with Gasteiger partial charge in [0.2, 0.25) is 0 Å². The lowest BCUT2D eigenvalue weighted by Gasteiger charge is -2.55. The summed E-state index contributed by atoms with van der Waals surface area (Å²) in [6.07, 6.45) is 13.5. The molecule has 109 heavy (non-hydrogen) atoms. The number of H-pyrrole nitrogens is 2. The van der Waals surface area contributed by atoms with Crippen molar-refractivity contribution in [2.24, 2.45) is 5.41 Å². The van der Waals surface area contributed by atoms with Crippen molar-refractivity contribution in [3.63, 3.8) is 0 Å². The predicted molar refractivity (Wildman–Crippen MR) is 454 cm³/mol. The molecule has 9 aromatic rings. The van der Waals surface area contributed by atoms with Crippen molar-refractivity contribution in [3.05, 3.63) is 247 Å². The first-order valence-electron chi connectivity index (χ1n) is 38.6. The predicted octanol–water partition coefficient (Wildman–Crippen LogP) is 25.0. The summed E-state index contributed by atoms with van der Waals surface area (Å²) >= 11 is 0. The molecule has 0 saturated heterocycles. The third-order valence-corrected chi connectivity index (χ3v) is 23.3. The third-order valence-electron chi connectivity index (χ3n) is 23.3. The van der Waals surface area contributed by atoms with Gasteiger partial charge in [0.25, 0.3) is 0 Å². The molecule has 0 spiro atoms. The number of nitriles is 4.